The Bertz CT molecular complexity index is 244. The van der Waals surface area contributed by atoms with Crippen molar-refractivity contribution in [1.29, 1.82) is 0 Å². The molecule has 1 heterocycles. The Morgan fingerprint density at radius 2 is 2.27 bits per heavy atom. The zero-order valence-corrected chi connectivity index (χ0v) is 5.79. The van der Waals surface area contributed by atoms with Crippen LogP contribution in [0.15, 0.2) is 12.7 Å². The van der Waals surface area contributed by atoms with E-state index in [4.69, 9.17) is 0 Å². The summed E-state index contributed by atoms with van der Waals surface area (Å²) in [7, 11) is 0. The Labute approximate surface area is 63.3 Å². The summed E-state index contributed by atoms with van der Waals surface area (Å²) in [6.07, 6.45) is 1.02. The van der Waals surface area contributed by atoms with Crippen LogP contribution in [-0.4, -0.2) is 17.6 Å². The van der Waals surface area contributed by atoms with Crippen LogP contribution in [0.1, 0.15) is 6.42 Å². The summed E-state index contributed by atoms with van der Waals surface area (Å²) in [6, 6.07) is 0. The van der Waals surface area contributed by atoms with Crippen LogP contribution in [0.25, 0.3) is 0 Å². The van der Waals surface area contributed by atoms with Gasteiger partial charge in [-0.3, -0.25) is 19.7 Å². The average molecular weight is 153 g/mol. The highest BCUT2D eigenvalue weighted by atomic mass is 16.2. The molecule has 1 saturated heterocycles. The van der Waals surface area contributed by atoms with E-state index < -0.39 is 23.5 Å². The summed E-state index contributed by atoms with van der Waals surface area (Å²) < 4.78 is 0. The van der Waals surface area contributed by atoms with Crippen molar-refractivity contribution in [2.24, 2.45) is 5.92 Å². The van der Waals surface area contributed by atoms with Crippen LogP contribution in [0, 0.1) is 5.92 Å². The van der Waals surface area contributed by atoms with E-state index in [0.717, 1.165) is 6.08 Å². The molecule has 0 bridgehead atoms. The lowest BCUT2D eigenvalue weighted by molar-refractivity contribution is -0.129. The smallest absolute Gasteiger partial charge is 0.238 e. The van der Waals surface area contributed by atoms with Crippen molar-refractivity contribution in [2.45, 2.75) is 6.42 Å². The van der Waals surface area contributed by atoms with E-state index in [-0.39, 0.29) is 6.42 Å². The number of carbonyl (C=O) groups excluding carboxylic acids is 3. The lowest BCUT2D eigenvalue weighted by Crippen LogP contribution is -2.25. The molecule has 1 atom stereocenters. The molecule has 1 aliphatic rings. The highest BCUT2D eigenvalue weighted by Crippen LogP contribution is 2.11. The Morgan fingerprint density at radius 3 is 2.64 bits per heavy atom. The van der Waals surface area contributed by atoms with Crippen LogP contribution in [0.2, 0.25) is 0 Å². The fourth-order valence-electron chi connectivity index (χ4n) is 0.926. The molecule has 1 N–H and O–H groups in total. The van der Waals surface area contributed by atoms with E-state index in [9.17, 15) is 14.4 Å². The third kappa shape index (κ3) is 1.34. The van der Waals surface area contributed by atoms with E-state index in [0.29, 0.717) is 0 Å². The number of hydrogen-bond acceptors (Lipinski definition) is 3. The first kappa shape index (κ1) is 7.65. The largest absolute Gasteiger partial charge is 0.296 e. The first-order chi connectivity index (χ1) is 5.15. The van der Waals surface area contributed by atoms with Crippen LogP contribution in [-0.2, 0) is 14.4 Å². The molecular weight excluding hydrogens is 146 g/mol. The minimum absolute atomic E-state index is 0.0380. The first-order valence-corrected chi connectivity index (χ1v) is 3.15. The highest BCUT2D eigenvalue weighted by Gasteiger charge is 2.34. The molecule has 58 valence electrons. The van der Waals surface area contributed by atoms with Crippen LogP contribution in [0.5, 0.6) is 0 Å². The van der Waals surface area contributed by atoms with Gasteiger partial charge in [-0.2, -0.15) is 0 Å². The molecule has 0 spiro atoms. The van der Waals surface area contributed by atoms with Crippen molar-refractivity contribution in [2.75, 3.05) is 0 Å². The minimum Gasteiger partial charge on any atom is -0.296 e. The van der Waals surface area contributed by atoms with Gasteiger partial charge in [0.25, 0.3) is 0 Å². The monoisotopic (exact) mass is 153 g/mol. The molecule has 0 aromatic rings. The Hall–Kier alpha value is -1.45. The highest BCUT2D eigenvalue weighted by molar-refractivity contribution is 6.16. The second-order valence-corrected chi connectivity index (χ2v) is 2.28. The number of rotatable bonds is 2. The van der Waals surface area contributed by atoms with Crippen molar-refractivity contribution in [1.82, 2.24) is 5.32 Å². The molecule has 4 heteroatoms. The summed E-state index contributed by atoms with van der Waals surface area (Å²) in [5, 5.41) is 2.04. The Morgan fingerprint density at radius 1 is 1.64 bits per heavy atom. The van der Waals surface area contributed by atoms with Gasteiger partial charge in [-0.05, 0) is 6.08 Å². The lowest BCUT2D eigenvalue weighted by atomic mass is 10.0. The number of amides is 2. The summed E-state index contributed by atoms with van der Waals surface area (Å²) in [6.45, 7) is 3.22. The lowest BCUT2D eigenvalue weighted by Gasteiger charge is -1.96. The van der Waals surface area contributed by atoms with Crippen molar-refractivity contribution >= 4 is 17.6 Å². The molecule has 11 heavy (non-hydrogen) atoms. The maximum absolute atomic E-state index is 10.8. The van der Waals surface area contributed by atoms with Gasteiger partial charge in [-0.15, -0.1) is 0 Å². The van der Waals surface area contributed by atoms with Crippen molar-refractivity contribution in [3.63, 3.8) is 0 Å². The summed E-state index contributed by atoms with van der Waals surface area (Å²) in [4.78, 5) is 32.2. The summed E-state index contributed by atoms with van der Waals surface area (Å²) >= 11 is 0. The van der Waals surface area contributed by atoms with E-state index >= 15 is 0 Å². The van der Waals surface area contributed by atoms with Crippen molar-refractivity contribution < 1.29 is 14.4 Å². The van der Waals surface area contributed by atoms with E-state index in [1.54, 1.807) is 0 Å². The SMILES string of the molecule is C=CC(=O)C1CC(=O)NC1=O. The van der Waals surface area contributed by atoms with Crippen LogP contribution < -0.4 is 5.32 Å². The van der Waals surface area contributed by atoms with Crippen LogP contribution in [0.3, 0.4) is 0 Å². The average Bonchev–Trinajstić information content (AvgIpc) is 2.28. The fourth-order valence-corrected chi connectivity index (χ4v) is 0.926. The van der Waals surface area contributed by atoms with Gasteiger partial charge in [-0.25, -0.2) is 0 Å². The molecular formula is C7H7NO3. The van der Waals surface area contributed by atoms with Gasteiger partial charge in [0, 0.05) is 6.42 Å². The van der Waals surface area contributed by atoms with Gasteiger partial charge >= 0.3 is 0 Å². The quantitative estimate of drug-likeness (QED) is 0.327. The predicted molar refractivity (Wildman–Crippen MR) is 36.5 cm³/mol. The van der Waals surface area contributed by atoms with Crippen molar-refractivity contribution in [3.8, 4) is 0 Å². The van der Waals surface area contributed by atoms with Crippen LogP contribution >= 0.6 is 0 Å². The standard InChI is InChI=1S/C7H7NO3/c1-2-5(9)4-3-6(10)8-7(4)11/h2,4H,1,3H2,(H,8,10,11). The number of hydrogen-bond donors (Lipinski definition) is 1. The summed E-state index contributed by atoms with van der Waals surface area (Å²) in [5.74, 6) is -2.14. The van der Waals surface area contributed by atoms with Gasteiger partial charge in [0.1, 0.15) is 5.92 Å². The Kier molecular flexibility index (Phi) is 1.85. The molecule has 0 radical (unpaired) electrons. The zero-order chi connectivity index (χ0) is 8.43. The third-order valence-corrected chi connectivity index (χ3v) is 1.51. The molecule has 1 rings (SSSR count). The van der Waals surface area contributed by atoms with Gasteiger partial charge < -0.3 is 0 Å². The molecule has 1 unspecified atom stereocenters. The molecule has 0 aromatic heterocycles. The predicted octanol–water partition coefficient (Wildman–Crippen LogP) is -0.596. The molecule has 1 fully saturated rings. The molecule has 0 aromatic carbocycles. The number of carbonyl (C=O) groups is 3. The van der Waals surface area contributed by atoms with E-state index in [1.807, 2.05) is 5.32 Å². The molecule has 4 nitrogen and oxygen atoms in total. The number of nitrogens with one attached hydrogen (secondary N) is 1. The minimum atomic E-state index is -0.833. The van der Waals surface area contributed by atoms with E-state index in [2.05, 4.69) is 6.58 Å². The normalized spacial score (nSPS) is 23.1. The van der Waals surface area contributed by atoms with Crippen LogP contribution in [0.4, 0.5) is 0 Å². The Balaban J connectivity index is 2.75. The number of ketones is 1. The second kappa shape index (κ2) is 2.65. The second-order valence-electron chi connectivity index (χ2n) is 2.28. The maximum Gasteiger partial charge on any atom is 0.238 e. The molecule has 0 aliphatic carbocycles. The van der Waals surface area contributed by atoms with Gasteiger partial charge in [0.05, 0.1) is 0 Å². The van der Waals surface area contributed by atoms with Gasteiger partial charge in [-0.1, -0.05) is 6.58 Å². The van der Waals surface area contributed by atoms with Gasteiger partial charge in [0.2, 0.25) is 11.8 Å². The van der Waals surface area contributed by atoms with E-state index in [1.165, 1.54) is 0 Å². The fraction of sp³-hybridized carbons (Fsp3) is 0.286. The third-order valence-electron chi connectivity index (χ3n) is 1.51. The number of imide groups is 1. The zero-order valence-electron chi connectivity index (χ0n) is 5.79. The summed E-state index contributed by atoms with van der Waals surface area (Å²) in [5.41, 5.74) is 0. The molecule has 1 aliphatic heterocycles. The van der Waals surface area contributed by atoms with Gasteiger partial charge in [0.15, 0.2) is 5.78 Å². The molecule has 2 amide bonds. The van der Waals surface area contributed by atoms with Crippen molar-refractivity contribution in [3.05, 3.63) is 12.7 Å². The molecule has 0 saturated carbocycles. The maximum atomic E-state index is 10.8. The first-order valence-electron chi connectivity index (χ1n) is 3.15. The number of allylic oxidation sites excluding steroid dienone is 1. The topological polar surface area (TPSA) is 63.2 Å².